The van der Waals surface area contributed by atoms with Gasteiger partial charge in [-0.2, -0.15) is 0 Å². The van der Waals surface area contributed by atoms with E-state index in [1.807, 2.05) is 0 Å². The number of rotatable bonds is 7. The smallest absolute Gasteiger partial charge is 0.0701 e. The zero-order chi connectivity index (χ0) is 24.9. The Morgan fingerprint density at radius 1 is 0.459 bits per heavy atom. The van der Waals surface area contributed by atoms with E-state index < -0.39 is 5.41 Å². The van der Waals surface area contributed by atoms with E-state index in [1.165, 1.54) is 39.0 Å². The first kappa shape index (κ1) is 23.0. The molecule has 5 aromatic carbocycles. The zero-order valence-corrected chi connectivity index (χ0v) is 20.9. The summed E-state index contributed by atoms with van der Waals surface area (Å²) in [5, 5.41) is 0. The van der Waals surface area contributed by atoms with Crippen LogP contribution in [0.25, 0.3) is 5.57 Å². The summed E-state index contributed by atoms with van der Waals surface area (Å²) >= 11 is 0. The Labute approximate surface area is 220 Å². The third-order valence-electron chi connectivity index (χ3n) is 7.50. The van der Waals surface area contributed by atoms with Crippen molar-refractivity contribution in [1.82, 2.24) is 0 Å². The van der Waals surface area contributed by atoms with Crippen LogP contribution in [0, 0.1) is 5.92 Å². The fraction of sp³-hybridized carbons (Fsp3) is 0.0811. The van der Waals surface area contributed by atoms with Crippen LogP contribution in [0.3, 0.4) is 0 Å². The van der Waals surface area contributed by atoms with E-state index in [0.717, 1.165) is 6.42 Å². The number of benzene rings is 5. The molecule has 37 heavy (non-hydrogen) atoms. The molecule has 0 heteroatoms. The fourth-order valence-electron chi connectivity index (χ4n) is 5.75. The van der Waals surface area contributed by atoms with E-state index in [9.17, 15) is 0 Å². The largest absolute Gasteiger partial charge is 0.0767 e. The summed E-state index contributed by atoms with van der Waals surface area (Å²) in [5.41, 5.74) is 8.61. The molecule has 0 aliphatic heterocycles. The van der Waals surface area contributed by atoms with Crippen molar-refractivity contribution >= 4 is 5.57 Å². The lowest BCUT2D eigenvalue weighted by molar-refractivity contribution is 0.745. The summed E-state index contributed by atoms with van der Waals surface area (Å²) in [6, 6.07) is 52.7. The van der Waals surface area contributed by atoms with Gasteiger partial charge in [0.2, 0.25) is 0 Å². The van der Waals surface area contributed by atoms with Crippen molar-refractivity contribution in [2.45, 2.75) is 11.8 Å². The van der Waals surface area contributed by atoms with Crippen molar-refractivity contribution in [2.75, 3.05) is 0 Å². The van der Waals surface area contributed by atoms with Crippen LogP contribution in [-0.2, 0) is 11.8 Å². The quantitative estimate of drug-likeness (QED) is 0.207. The van der Waals surface area contributed by atoms with Crippen molar-refractivity contribution in [1.29, 1.82) is 0 Å². The van der Waals surface area contributed by atoms with Crippen LogP contribution < -0.4 is 0 Å². The molecule has 1 unspecified atom stereocenters. The highest BCUT2D eigenvalue weighted by atomic mass is 14.4. The van der Waals surface area contributed by atoms with Crippen LogP contribution in [0.1, 0.15) is 33.4 Å². The first-order chi connectivity index (χ1) is 18.3. The minimum absolute atomic E-state index is 0.405. The van der Waals surface area contributed by atoms with Crippen molar-refractivity contribution in [2.24, 2.45) is 5.92 Å². The van der Waals surface area contributed by atoms with Gasteiger partial charge in [-0.15, -0.1) is 0 Å². The average Bonchev–Trinajstić information content (AvgIpc) is 3.45. The lowest BCUT2D eigenvalue weighted by Crippen LogP contribution is -2.30. The van der Waals surface area contributed by atoms with E-state index in [0.29, 0.717) is 5.92 Å². The molecule has 0 spiro atoms. The Hall–Kier alpha value is -4.42. The predicted molar refractivity (Wildman–Crippen MR) is 156 cm³/mol. The molecule has 1 aliphatic carbocycles. The highest BCUT2D eigenvalue weighted by Crippen LogP contribution is 2.45. The summed E-state index contributed by atoms with van der Waals surface area (Å²) in [6.45, 7) is 0. The number of hydrogen-bond acceptors (Lipinski definition) is 0. The van der Waals surface area contributed by atoms with Crippen LogP contribution in [0.5, 0.6) is 0 Å². The molecule has 178 valence electrons. The summed E-state index contributed by atoms with van der Waals surface area (Å²) in [5.74, 6) is 0.439. The molecule has 1 atom stereocenters. The molecule has 0 radical (unpaired) electrons. The molecular formula is C37H30. The molecule has 1 aliphatic rings. The molecular weight excluding hydrogens is 444 g/mol. The SMILES string of the molecule is C1=CC(Cc2ccccc2)C=C1c1ccc(C(c2ccccc2)(c2ccccc2)c2ccccc2)cc1. The van der Waals surface area contributed by atoms with Gasteiger partial charge in [0, 0.05) is 0 Å². The summed E-state index contributed by atoms with van der Waals surface area (Å²) < 4.78 is 0. The molecule has 0 amide bonds. The van der Waals surface area contributed by atoms with Crippen molar-refractivity contribution in [3.8, 4) is 0 Å². The second-order valence-corrected chi connectivity index (χ2v) is 9.76. The van der Waals surface area contributed by atoms with Gasteiger partial charge in [-0.05, 0) is 51.3 Å². The van der Waals surface area contributed by atoms with Crippen LogP contribution in [0.4, 0.5) is 0 Å². The first-order valence-electron chi connectivity index (χ1n) is 13.1. The molecule has 0 heterocycles. The Morgan fingerprint density at radius 2 is 0.892 bits per heavy atom. The van der Waals surface area contributed by atoms with Crippen molar-refractivity contribution in [3.05, 3.63) is 197 Å². The third-order valence-corrected chi connectivity index (χ3v) is 7.50. The van der Waals surface area contributed by atoms with E-state index in [4.69, 9.17) is 0 Å². The van der Waals surface area contributed by atoms with Crippen LogP contribution in [0.2, 0.25) is 0 Å². The van der Waals surface area contributed by atoms with Gasteiger partial charge in [-0.3, -0.25) is 0 Å². The van der Waals surface area contributed by atoms with Gasteiger partial charge in [0.1, 0.15) is 0 Å². The summed E-state index contributed by atoms with van der Waals surface area (Å²) in [7, 11) is 0. The Morgan fingerprint density at radius 3 is 1.38 bits per heavy atom. The van der Waals surface area contributed by atoms with Crippen molar-refractivity contribution in [3.63, 3.8) is 0 Å². The summed E-state index contributed by atoms with van der Waals surface area (Å²) in [6.07, 6.45) is 8.05. The first-order valence-corrected chi connectivity index (χ1v) is 13.1. The van der Waals surface area contributed by atoms with Crippen LogP contribution in [0.15, 0.2) is 164 Å². The predicted octanol–water partition coefficient (Wildman–Crippen LogP) is 8.88. The fourth-order valence-corrected chi connectivity index (χ4v) is 5.75. The maximum absolute atomic E-state index is 2.40. The molecule has 0 nitrogen and oxygen atoms in total. The Balaban J connectivity index is 1.42. The number of allylic oxidation sites excluding steroid dienone is 4. The van der Waals surface area contributed by atoms with Gasteiger partial charge in [-0.1, -0.05) is 164 Å². The molecule has 0 fully saturated rings. The molecule has 0 bridgehead atoms. The summed E-state index contributed by atoms with van der Waals surface area (Å²) in [4.78, 5) is 0. The third kappa shape index (κ3) is 4.47. The maximum Gasteiger partial charge on any atom is 0.0701 e. The van der Waals surface area contributed by atoms with Gasteiger partial charge in [0.05, 0.1) is 5.41 Å². The van der Waals surface area contributed by atoms with Gasteiger partial charge >= 0.3 is 0 Å². The Kier molecular flexibility index (Phi) is 6.40. The molecule has 0 saturated heterocycles. The zero-order valence-electron chi connectivity index (χ0n) is 20.9. The van der Waals surface area contributed by atoms with Crippen molar-refractivity contribution < 1.29 is 0 Å². The van der Waals surface area contributed by atoms with E-state index >= 15 is 0 Å². The van der Waals surface area contributed by atoms with Gasteiger partial charge < -0.3 is 0 Å². The second-order valence-electron chi connectivity index (χ2n) is 9.76. The van der Waals surface area contributed by atoms with Gasteiger partial charge in [-0.25, -0.2) is 0 Å². The van der Waals surface area contributed by atoms with Crippen LogP contribution in [-0.4, -0.2) is 0 Å². The molecule has 0 saturated carbocycles. The highest BCUT2D eigenvalue weighted by Gasteiger charge is 2.38. The molecule has 6 rings (SSSR count). The normalized spacial score (nSPS) is 14.9. The topological polar surface area (TPSA) is 0 Å². The minimum Gasteiger partial charge on any atom is -0.0767 e. The maximum atomic E-state index is 2.40. The van der Waals surface area contributed by atoms with Crippen LogP contribution >= 0.6 is 0 Å². The minimum atomic E-state index is -0.405. The van der Waals surface area contributed by atoms with Gasteiger partial charge in [0.25, 0.3) is 0 Å². The average molecular weight is 475 g/mol. The highest BCUT2D eigenvalue weighted by molar-refractivity contribution is 5.77. The molecule has 0 N–H and O–H groups in total. The number of hydrogen-bond donors (Lipinski definition) is 0. The Bertz CT molecular complexity index is 1400. The van der Waals surface area contributed by atoms with E-state index in [1.54, 1.807) is 0 Å². The second kappa shape index (κ2) is 10.3. The lowest BCUT2D eigenvalue weighted by atomic mass is 9.65. The molecule has 5 aromatic rings. The standard InChI is InChI=1S/C37H30/c1-5-13-29(14-6-1)27-30-21-22-32(28-30)31-23-25-36(26-24-31)37(33-15-7-2-8-16-33,34-17-9-3-10-18-34)35-19-11-4-12-20-35/h1-26,28,30H,27H2. The van der Waals surface area contributed by atoms with Gasteiger partial charge in [0.15, 0.2) is 0 Å². The molecule has 0 aromatic heterocycles. The van der Waals surface area contributed by atoms with E-state index in [2.05, 4.69) is 164 Å². The lowest BCUT2D eigenvalue weighted by Gasteiger charge is -2.37. The monoisotopic (exact) mass is 474 g/mol. The van der Waals surface area contributed by atoms with E-state index in [-0.39, 0.29) is 0 Å².